The van der Waals surface area contributed by atoms with Crippen molar-refractivity contribution >= 4 is 51.4 Å². The van der Waals surface area contributed by atoms with Crippen LogP contribution in [0.5, 0.6) is 0 Å². The first kappa shape index (κ1) is 14.5. The predicted molar refractivity (Wildman–Crippen MR) is 81.9 cm³/mol. The number of nitrogens with zero attached hydrogens (tertiary/aromatic N) is 2. The molecule has 7 heteroatoms. The number of hydrogen-bond acceptors (Lipinski definition) is 3. The van der Waals surface area contributed by atoms with E-state index in [0.29, 0.717) is 34.6 Å². The summed E-state index contributed by atoms with van der Waals surface area (Å²) in [4.78, 5) is 4.96. The summed E-state index contributed by atoms with van der Waals surface area (Å²) in [6.07, 6.45) is 0.595. The van der Waals surface area contributed by atoms with Crippen LogP contribution in [0.25, 0.3) is 11.0 Å². The van der Waals surface area contributed by atoms with E-state index < -0.39 is 0 Å². The van der Waals surface area contributed by atoms with Crippen molar-refractivity contribution in [3.8, 4) is 0 Å². The number of nitrogens with two attached hydrogens (primary N) is 1. The first-order chi connectivity index (χ1) is 9.02. The van der Waals surface area contributed by atoms with Gasteiger partial charge in [0.1, 0.15) is 12.4 Å². The maximum atomic E-state index is 6.05. The van der Waals surface area contributed by atoms with Crippen LogP contribution in [0.15, 0.2) is 12.1 Å². The summed E-state index contributed by atoms with van der Waals surface area (Å²) in [5.41, 5.74) is 7.23. The number of fused-ring (bicyclic) bond motifs is 1. The molecule has 1 aromatic carbocycles. The lowest BCUT2D eigenvalue weighted by molar-refractivity contribution is 0.175. The molecule has 0 bridgehead atoms. The predicted octanol–water partition coefficient (Wildman–Crippen LogP) is 3.17. The van der Waals surface area contributed by atoms with Gasteiger partial charge in [0, 0.05) is 20.1 Å². The lowest BCUT2D eigenvalue weighted by atomic mass is 10.3. The molecule has 2 aromatic rings. The minimum Gasteiger partial charge on any atom is -0.393 e. The Kier molecular flexibility index (Phi) is 4.62. The van der Waals surface area contributed by atoms with Crippen molar-refractivity contribution in [2.75, 3.05) is 7.11 Å². The van der Waals surface area contributed by atoms with Gasteiger partial charge in [0.05, 0.1) is 26.1 Å². The summed E-state index contributed by atoms with van der Waals surface area (Å²) in [5, 5.41) is 0.978. The SMILES string of the molecule is COCc1nc2cc(Cl)c(Cl)cc2n1CCC(N)=S. The zero-order chi connectivity index (χ0) is 14.0. The van der Waals surface area contributed by atoms with Crippen molar-refractivity contribution in [2.45, 2.75) is 19.6 Å². The highest BCUT2D eigenvalue weighted by molar-refractivity contribution is 7.80. The van der Waals surface area contributed by atoms with Crippen LogP contribution in [0, 0.1) is 0 Å². The summed E-state index contributed by atoms with van der Waals surface area (Å²) in [6, 6.07) is 3.54. The van der Waals surface area contributed by atoms with Crippen molar-refractivity contribution in [3.63, 3.8) is 0 Å². The van der Waals surface area contributed by atoms with Crippen LogP contribution >= 0.6 is 35.4 Å². The summed E-state index contributed by atoms with van der Waals surface area (Å²) < 4.78 is 7.15. The van der Waals surface area contributed by atoms with Crippen LogP contribution in [-0.4, -0.2) is 21.6 Å². The minimum absolute atomic E-state index is 0.404. The van der Waals surface area contributed by atoms with Gasteiger partial charge in [-0.2, -0.15) is 0 Å². The van der Waals surface area contributed by atoms with Crippen LogP contribution in [0.1, 0.15) is 12.2 Å². The highest BCUT2D eigenvalue weighted by atomic mass is 35.5. The standard InChI is InChI=1S/C12H13Cl2N3OS/c1-18-6-12-16-9-4-7(13)8(14)5-10(9)17(12)3-2-11(15)19/h4-5H,2-3,6H2,1H3,(H2,15,19). The third-order valence-electron chi connectivity index (χ3n) is 2.72. The number of benzene rings is 1. The van der Waals surface area contributed by atoms with E-state index in [1.54, 1.807) is 19.2 Å². The van der Waals surface area contributed by atoms with E-state index in [9.17, 15) is 0 Å². The van der Waals surface area contributed by atoms with Gasteiger partial charge in [-0.05, 0) is 12.1 Å². The van der Waals surface area contributed by atoms with Gasteiger partial charge < -0.3 is 15.0 Å². The molecule has 0 aliphatic heterocycles. The Morgan fingerprint density at radius 1 is 1.42 bits per heavy atom. The summed E-state index contributed by atoms with van der Waals surface area (Å²) >= 11 is 17.0. The van der Waals surface area contributed by atoms with E-state index in [1.807, 2.05) is 4.57 Å². The fourth-order valence-corrected chi connectivity index (χ4v) is 2.29. The number of imidazole rings is 1. The summed E-state index contributed by atoms with van der Waals surface area (Å²) in [7, 11) is 1.62. The molecule has 4 nitrogen and oxygen atoms in total. The number of thiocarbonyl (C=S) groups is 1. The van der Waals surface area contributed by atoms with E-state index in [2.05, 4.69) is 4.98 Å². The van der Waals surface area contributed by atoms with Crippen molar-refractivity contribution in [2.24, 2.45) is 5.73 Å². The Hall–Kier alpha value is -0.880. The third kappa shape index (κ3) is 3.17. The van der Waals surface area contributed by atoms with Crippen LogP contribution in [0.2, 0.25) is 10.0 Å². The molecule has 1 heterocycles. The molecule has 1 aromatic heterocycles. The highest BCUT2D eigenvalue weighted by Crippen LogP contribution is 2.28. The molecule has 0 saturated heterocycles. The molecule has 0 unspecified atom stereocenters. The third-order valence-corrected chi connectivity index (χ3v) is 3.65. The summed E-state index contributed by atoms with van der Waals surface area (Å²) in [6.45, 7) is 1.05. The largest absolute Gasteiger partial charge is 0.393 e. The van der Waals surface area contributed by atoms with Gasteiger partial charge in [0.2, 0.25) is 0 Å². The molecule has 0 spiro atoms. The molecule has 0 saturated carbocycles. The topological polar surface area (TPSA) is 53.1 Å². The Morgan fingerprint density at radius 3 is 2.74 bits per heavy atom. The number of methoxy groups -OCH3 is 1. The molecular formula is C12H13Cl2N3OS. The number of ether oxygens (including phenoxy) is 1. The summed E-state index contributed by atoms with van der Waals surface area (Å²) in [5.74, 6) is 0.798. The normalized spacial score (nSPS) is 11.1. The van der Waals surface area contributed by atoms with Crippen molar-refractivity contribution in [3.05, 3.63) is 28.0 Å². The molecule has 19 heavy (non-hydrogen) atoms. The van der Waals surface area contributed by atoms with Crippen LogP contribution in [0.4, 0.5) is 0 Å². The Balaban J connectivity index is 2.51. The quantitative estimate of drug-likeness (QED) is 0.861. The fourth-order valence-electron chi connectivity index (χ4n) is 1.88. The highest BCUT2D eigenvalue weighted by Gasteiger charge is 2.13. The van der Waals surface area contributed by atoms with Crippen LogP contribution in [-0.2, 0) is 17.9 Å². The van der Waals surface area contributed by atoms with Crippen molar-refractivity contribution in [1.29, 1.82) is 0 Å². The number of halogens is 2. The van der Waals surface area contributed by atoms with Gasteiger partial charge in [-0.15, -0.1) is 0 Å². The number of hydrogen-bond donors (Lipinski definition) is 1. The molecule has 0 fully saturated rings. The van der Waals surface area contributed by atoms with Gasteiger partial charge in [0.25, 0.3) is 0 Å². The second kappa shape index (κ2) is 6.05. The maximum absolute atomic E-state index is 6.05. The van der Waals surface area contributed by atoms with Gasteiger partial charge in [-0.25, -0.2) is 4.98 Å². The van der Waals surface area contributed by atoms with Crippen molar-refractivity contribution in [1.82, 2.24) is 9.55 Å². The van der Waals surface area contributed by atoms with Gasteiger partial charge >= 0.3 is 0 Å². The molecule has 102 valence electrons. The minimum atomic E-state index is 0.404. The second-order valence-corrected chi connectivity index (χ2v) is 5.42. The van der Waals surface area contributed by atoms with E-state index in [4.69, 9.17) is 45.9 Å². The molecule has 0 amide bonds. The van der Waals surface area contributed by atoms with Gasteiger partial charge in [-0.3, -0.25) is 0 Å². The first-order valence-electron chi connectivity index (χ1n) is 5.64. The van der Waals surface area contributed by atoms with Gasteiger partial charge in [0.15, 0.2) is 0 Å². The average molecular weight is 318 g/mol. The van der Waals surface area contributed by atoms with Crippen LogP contribution < -0.4 is 5.73 Å². The number of rotatable bonds is 5. The smallest absolute Gasteiger partial charge is 0.135 e. The lowest BCUT2D eigenvalue weighted by Crippen LogP contribution is -2.13. The molecule has 0 atom stereocenters. The van der Waals surface area contributed by atoms with E-state index in [0.717, 1.165) is 16.9 Å². The zero-order valence-corrected chi connectivity index (χ0v) is 12.6. The molecule has 2 N–H and O–H groups in total. The molecular weight excluding hydrogens is 305 g/mol. The number of aromatic nitrogens is 2. The Bertz CT molecular complexity index is 627. The molecule has 0 aliphatic carbocycles. The second-order valence-electron chi connectivity index (χ2n) is 4.08. The van der Waals surface area contributed by atoms with Crippen molar-refractivity contribution < 1.29 is 4.74 Å². The Labute approximate surface area is 126 Å². The molecule has 2 rings (SSSR count). The fraction of sp³-hybridized carbons (Fsp3) is 0.333. The van der Waals surface area contributed by atoms with Gasteiger partial charge in [-0.1, -0.05) is 35.4 Å². The van der Waals surface area contributed by atoms with E-state index in [-0.39, 0.29) is 0 Å². The Morgan fingerprint density at radius 2 is 2.11 bits per heavy atom. The number of aryl methyl sites for hydroxylation is 1. The molecule has 0 radical (unpaired) electrons. The maximum Gasteiger partial charge on any atom is 0.135 e. The average Bonchev–Trinajstić information content (AvgIpc) is 2.65. The molecule has 0 aliphatic rings. The van der Waals surface area contributed by atoms with E-state index in [1.165, 1.54) is 0 Å². The van der Waals surface area contributed by atoms with Crippen LogP contribution in [0.3, 0.4) is 0 Å². The van der Waals surface area contributed by atoms with E-state index >= 15 is 0 Å². The zero-order valence-electron chi connectivity index (χ0n) is 10.3. The monoisotopic (exact) mass is 317 g/mol. The first-order valence-corrected chi connectivity index (χ1v) is 6.80. The lowest BCUT2D eigenvalue weighted by Gasteiger charge is -2.08.